The lowest BCUT2D eigenvalue weighted by Gasteiger charge is -2.29. The molecule has 0 aromatic rings. The fourth-order valence-corrected chi connectivity index (χ4v) is 2.55. The zero-order chi connectivity index (χ0) is 9.36. The van der Waals surface area contributed by atoms with Gasteiger partial charge in [-0.15, -0.1) is 0 Å². The largest absolute Gasteiger partial charge is 0.353 e. The van der Waals surface area contributed by atoms with E-state index in [2.05, 4.69) is 19.2 Å². The Hall–Kier alpha value is -0.0800. The van der Waals surface area contributed by atoms with Gasteiger partial charge in [0.2, 0.25) is 0 Å². The van der Waals surface area contributed by atoms with E-state index >= 15 is 0 Å². The van der Waals surface area contributed by atoms with Crippen molar-refractivity contribution in [3.05, 3.63) is 0 Å². The molecular formula is C11H21NO. The van der Waals surface area contributed by atoms with Crippen LogP contribution in [0.2, 0.25) is 0 Å². The maximum atomic E-state index is 6.15. The van der Waals surface area contributed by atoms with Gasteiger partial charge in [0.05, 0.1) is 5.60 Å². The van der Waals surface area contributed by atoms with E-state index in [4.69, 9.17) is 4.74 Å². The highest BCUT2D eigenvalue weighted by atomic mass is 16.5. The first-order valence-electron chi connectivity index (χ1n) is 5.57. The van der Waals surface area contributed by atoms with Gasteiger partial charge in [0.1, 0.15) is 5.72 Å². The summed E-state index contributed by atoms with van der Waals surface area (Å²) in [4.78, 5) is 0. The zero-order valence-electron chi connectivity index (χ0n) is 8.86. The standard InChI is InChI=1S/C11H21NO/c1-10(2)9-12-11(13-10)7-5-3-4-6-8-11/h12H,3-9H2,1-2H3. The highest BCUT2D eigenvalue weighted by molar-refractivity contribution is 4.93. The summed E-state index contributed by atoms with van der Waals surface area (Å²) < 4.78 is 6.15. The molecule has 13 heavy (non-hydrogen) atoms. The lowest BCUT2D eigenvalue weighted by atomic mass is 10.1. The van der Waals surface area contributed by atoms with Crippen molar-refractivity contribution in [2.75, 3.05) is 6.54 Å². The Labute approximate surface area is 81.0 Å². The summed E-state index contributed by atoms with van der Waals surface area (Å²) in [7, 11) is 0. The van der Waals surface area contributed by atoms with Gasteiger partial charge in [-0.05, 0) is 39.5 Å². The van der Waals surface area contributed by atoms with Crippen molar-refractivity contribution < 1.29 is 4.74 Å². The molecule has 1 aliphatic heterocycles. The maximum Gasteiger partial charge on any atom is 0.120 e. The van der Waals surface area contributed by atoms with Gasteiger partial charge >= 0.3 is 0 Å². The molecule has 1 heterocycles. The molecule has 0 amide bonds. The van der Waals surface area contributed by atoms with E-state index in [0.717, 1.165) is 6.54 Å². The number of hydrogen-bond donors (Lipinski definition) is 1. The third-order valence-corrected chi connectivity index (χ3v) is 3.22. The molecule has 2 rings (SSSR count). The van der Waals surface area contributed by atoms with Crippen LogP contribution in [0.1, 0.15) is 52.4 Å². The van der Waals surface area contributed by atoms with Gasteiger partial charge in [0.25, 0.3) is 0 Å². The fraction of sp³-hybridized carbons (Fsp3) is 1.00. The van der Waals surface area contributed by atoms with Crippen LogP contribution in [0.3, 0.4) is 0 Å². The van der Waals surface area contributed by atoms with Crippen LogP contribution in [0, 0.1) is 0 Å². The molecule has 2 aliphatic rings. The van der Waals surface area contributed by atoms with E-state index in [1.54, 1.807) is 0 Å². The molecule has 2 heteroatoms. The van der Waals surface area contributed by atoms with Gasteiger partial charge in [-0.2, -0.15) is 0 Å². The van der Waals surface area contributed by atoms with Crippen LogP contribution in [-0.4, -0.2) is 17.9 Å². The Bertz CT molecular complexity index is 175. The Kier molecular flexibility index (Phi) is 2.37. The smallest absolute Gasteiger partial charge is 0.120 e. The second-order valence-corrected chi connectivity index (χ2v) is 5.12. The van der Waals surface area contributed by atoms with E-state index in [1.165, 1.54) is 38.5 Å². The highest BCUT2D eigenvalue weighted by Crippen LogP contribution is 2.35. The fourth-order valence-electron chi connectivity index (χ4n) is 2.55. The molecule has 0 atom stereocenters. The van der Waals surface area contributed by atoms with Crippen LogP contribution in [0.25, 0.3) is 0 Å². The number of ether oxygens (including phenoxy) is 1. The minimum atomic E-state index is 0.0417. The third kappa shape index (κ3) is 2.05. The maximum absolute atomic E-state index is 6.15. The van der Waals surface area contributed by atoms with Crippen molar-refractivity contribution in [2.45, 2.75) is 63.7 Å². The lowest BCUT2D eigenvalue weighted by Crippen LogP contribution is -2.40. The lowest BCUT2D eigenvalue weighted by molar-refractivity contribution is -0.0980. The van der Waals surface area contributed by atoms with Crippen molar-refractivity contribution in [3.63, 3.8) is 0 Å². The van der Waals surface area contributed by atoms with E-state index < -0.39 is 0 Å². The topological polar surface area (TPSA) is 21.3 Å². The van der Waals surface area contributed by atoms with Crippen LogP contribution in [-0.2, 0) is 4.74 Å². The SMILES string of the molecule is CC1(C)CNC2(CCCCCC2)O1. The summed E-state index contributed by atoms with van der Waals surface area (Å²) in [6, 6.07) is 0. The summed E-state index contributed by atoms with van der Waals surface area (Å²) >= 11 is 0. The van der Waals surface area contributed by atoms with Gasteiger partial charge < -0.3 is 4.74 Å². The van der Waals surface area contributed by atoms with E-state index in [0.29, 0.717) is 0 Å². The molecule has 1 saturated carbocycles. The van der Waals surface area contributed by atoms with Crippen LogP contribution >= 0.6 is 0 Å². The first-order chi connectivity index (χ1) is 6.12. The molecule has 76 valence electrons. The summed E-state index contributed by atoms with van der Waals surface area (Å²) in [6.07, 6.45) is 7.82. The van der Waals surface area contributed by atoms with E-state index in [-0.39, 0.29) is 11.3 Å². The van der Waals surface area contributed by atoms with Crippen LogP contribution in [0.15, 0.2) is 0 Å². The molecule has 1 spiro atoms. The number of rotatable bonds is 0. The molecule has 0 aromatic heterocycles. The molecule has 0 aromatic carbocycles. The summed E-state index contributed by atoms with van der Waals surface area (Å²) in [5.74, 6) is 0. The number of hydrogen-bond acceptors (Lipinski definition) is 2. The predicted molar refractivity (Wildman–Crippen MR) is 53.6 cm³/mol. The van der Waals surface area contributed by atoms with Gasteiger partial charge in [0, 0.05) is 6.54 Å². The van der Waals surface area contributed by atoms with Crippen LogP contribution < -0.4 is 5.32 Å². The van der Waals surface area contributed by atoms with E-state index in [9.17, 15) is 0 Å². The van der Waals surface area contributed by atoms with E-state index in [1.807, 2.05) is 0 Å². The molecule has 1 saturated heterocycles. The Morgan fingerprint density at radius 1 is 1.00 bits per heavy atom. The Balaban J connectivity index is 2.03. The first kappa shape index (κ1) is 9.47. The van der Waals surface area contributed by atoms with Crippen molar-refractivity contribution in [1.29, 1.82) is 0 Å². The molecule has 0 radical (unpaired) electrons. The van der Waals surface area contributed by atoms with Gasteiger partial charge in [-0.3, -0.25) is 5.32 Å². The second-order valence-electron chi connectivity index (χ2n) is 5.12. The zero-order valence-corrected chi connectivity index (χ0v) is 8.86. The minimum Gasteiger partial charge on any atom is -0.353 e. The molecule has 1 aliphatic carbocycles. The molecular weight excluding hydrogens is 162 g/mol. The van der Waals surface area contributed by atoms with Gasteiger partial charge in [-0.25, -0.2) is 0 Å². The normalized spacial score (nSPS) is 31.8. The monoisotopic (exact) mass is 183 g/mol. The van der Waals surface area contributed by atoms with Crippen molar-refractivity contribution in [3.8, 4) is 0 Å². The van der Waals surface area contributed by atoms with Crippen molar-refractivity contribution in [2.24, 2.45) is 0 Å². The summed E-state index contributed by atoms with van der Waals surface area (Å²) in [5, 5.41) is 3.58. The number of nitrogens with one attached hydrogen (secondary N) is 1. The minimum absolute atomic E-state index is 0.0417. The average Bonchev–Trinajstić information content (AvgIpc) is 2.26. The Morgan fingerprint density at radius 2 is 1.62 bits per heavy atom. The first-order valence-corrected chi connectivity index (χ1v) is 5.57. The van der Waals surface area contributed by atoms with Crippen molar-refractivity contribution in [1.82, 2.24) is 5.32 Å². The quantitative estimate of drug-likeness (QED) is 0.623. The highest BCUT2D eigenvalue weighted by Gasteiger charge is 2.43. The molecule has 2 nitrogen and oxygen atoms in total. The third-order valence-electron chi connectivity index (χ3n) is 3.22. The van der Waals surface area contributed by atoms with Gasteiger partial charge in [0.15, 0.2) is 0 Å². The average molecular weight is 183 g/mol. The predicted octanol–water partition coefficient (Wildman–Crippen LogP) is 2.44. The van der Waals surface area contributed by atoms with Crippen molar-refractivity contribution >= 4 is 0 Å². The summed E-state index contributed by atoms with van der Waals surface area (Å²) in [5.41, 5.74) is 0.0876. The Morgan fingerprint density at radius 3 is 2.08 bits per heavy atom. The van der Waals surface area contributed by atoms with Gasteiger partial charge in [-0.1, -0.05) is 12.8 Å². The van der Waals surface area contributed by atoms with Crippen LogP contribution in [0.5, 0.6) is 0 Å². The summed E-state index contributed by atoms with van der Waals surface area (Å²) in [6.45, 7) is 5.37. The molecule has 1 N–H and O–H groups in total. The molecule has 2 fully saturated rings. The molecule has 0 unspecified atom stereocenters. The second kappa shape index (κ2) is 3.25. The van der Waals surface area contributed by atoms with Crippen LogP contribution in [0.4, 0.5) is 0 Å². The molecule has 0 bridgehead atoms.